The molecule has 0 aliphatic rings. The summed E-state index contributed by atoms with van der Waals surface area (Å²) >= 11 is 6.10. The highest BCUT2D eigenvalue weighted by Crippen LogP contribution is 2.26. The summed E-state index contributed by atoms with van der Waals surface area (Å²) in [7, 11) is 0. The highest BCUT2D eigenvalue weighted by Gasteiger charge is 2.15. The van der Waals surface area contributed by atoms with E-state index in [0.29, 0.717) is 5.02 Å². The number of likely N-dealkylation sites (N-methyl/N-ethyl adjacent to an activating group) is 1. The molecule has 0 aliphatic heterocycles. The van der Waals surface area contributed by atoms with E-state index in [1.807, 2.05) is 13.0 Å². The van der Waals surface area contributed by atoms with Gasteiger partial charge in [-0.2, -0.15) is 0 Å². The molecule has 1 heterocycles. The third-order valence-electron chi connectivity index (χ3n) is 2.81. The van der Waals surface area contributed by atoms with Crippen LogP contribution in [0.2, 0.25) is 5.02 Å². The molecule has 0 spiro atoms. The Kier molecular flexibility index (Phi) is 4.39. The molecule has 96 valence electrons. The van der Waals surface area contributed by atoms with Gasteiger partial charge >= 0.3 is 0 Å². The van der Waals surface area contributed by atoms with Crippen molar-refractivity contribution in [2.24, 2.45) is 0 Å². The molecule has 0 aliphatic carbocycles. The molecule has 0 fully saturated rings. The van der Waals surface area contributed by atoms with Gasteiger partial charge in [-0.05, 0) is 42.3 Å². The minimum absolute atomic E-state index is 0.0562. The number of benzene rings is 1. The quantitative estimate of drug-likeness (QED) is 0.887. The Morgan fingerprint density at radius 2 is 2.22 bits per heavy atom. The zero-order valence-electron chi connectivity index (χ0n) is 10.1. The van der Waals surface area contributed by atoms with Gasteiger partial charge in [0.15, 0.2) is 0 Å². The van der Waals surface area contributed by atoms with Crippen LogP contribution in [0.3, 0.4) is 0 Å². The molecule has 0 saturated heterocycles. The van der Waals surface area contributed by atoms with Gasteiger partial charge in [0.1, 0.15) is 5.82 Å². The van der Waals surface area contributed by atoms with Gasteiger partial charge in [0.2, 0.25) is 0 Å². The van der Waals surface area contributed by atoms with Gasteiger partial charge in [-0.1, -0.05) is 24.6 Å². The fraction of sp³-hybridized carbons (Fsp3) is 0.286. The standard InChI is InChI=1S/C14H15ClFNO/c1-2-17-14(7-10-5-6-18-9-10)12-4-3-11(16)8-13(12)15/h3-6,8-9,14,17H,2,7H2,1H3. The monoisotopic (exact) mass is 267 g/mol. The largest absolute Gasteiger partial charge is 0.472 e. The van der Waals surface area contributed by atoms with E-state index >= 15 is 0 Å². The second-order valence-corrected chi connectivity index (χ2v) is 4.52. The third-order valence-corrected chi connectivity index (χ3v) is 3.14. The van der Waals surface area contributed by atoms with Crippen molar-refractivity contribution < 1.29 is 8.81 Å². The molecule has 0 bridgehead atoms. The molecule has 18 heavy (non-hydrogen) atoms. The zero-order valence-corrected chi connectivity index (χ0v) is 10.9. The molecule has 4 heteroatoms. The van der Waals surface area contributed by atoms with Crippen LogP contribution in [0.4, 0.5) is 4.39 Å². The summed E-state index contributed by atoms with van der Waals surface area (Å²) in [5.74, 6) is -0.317. The fourth-order valence-electron chi connectivity index (χ4n) is 1.97. The van der Waals surface area contributed by atoms with Gasteiger partial charge in [0, 0.05) is 11.1 Å². The highest BCUT2D eigenvalue weighted by atomic mass is 35.5. The molecule has 1 N–H and O–H groups in total. The van der Waals surface area contributed by atoms with Crippen LogP contribution >= 0.6 is 11.6 Å². The van der Waals surface area contributed by atoms with E-state index < -0.39 is 0 Å². The van der Waals surface area contributed by atoms with Crippen LogP contribution < -0.4 is 5.32 Å². The van der Waals surface area contributed by atoms with Crippen molar-refractivity contribution in [3.8, 4) is 0 Å². The maximum Gasteiger partial charge on any atom is 0.124 e. The van der Waals surface area contributed by atoms with Gasteiger partial charge in [-0.3, -0.25) is 0 Å². The van der Waals surface area contributed by atoms with Crippen LogP contribution in [0.15, 0.2) is 41.2 Å². The van der Waals surface area contributed by atoms with Crippen molar-refractivity contribution >= 4 is 11.6 Å². The van der Waals surface area contributed by atoms with Crippen LogP contribution in [0, 0.1) is 5.82 Å². The van der Waals surface area contributed by atoms with Crippen molar-refractivity contribution in [3.63, 3.8) is 0 Å². The summed E-state index contributed by atoms with van der Waals surface area (Å²) in [5, 5.41) is 3.80. The van der Waals surface area contributed by atoms with Crippen LogP contribution in [-0.2, 0) is 6.42 Å². The van der Waals surface area contributed by atoms with E-state index in [1.165, 1.54) is 12.1 Å². The molecule has 2 rings (SSSR count). The third kappa shape index (κ3) is 3.12. The average Bonchev–Trinajstić information content (AvgIpc) is 2.81. The van der Waals surface area contributed by atoms with Crippen molar-refractivity contribution in [3.05, 3.63) is 58.8 Å². The molecule has 0 amide bonds. The Labute approximate surface area is 111 Å². The van der Waals surface area contributed by atoms with E-state index in [2.05, 4.69) is 5.32 Å². The van der Waals surface area contributed by atoms with E-state index in [1.54, 1.807) is 18.6 Å². The lowest BCUT2D eigenvalue weighted by Gasteiger charge is -2.19. The Morgan fingerprint density at radius 3 is 2.83 bits per heavy atom. The number of rotatable bonds is 5. The van der Waals surface area contributed by atoms with Crippen LogP contribution in [0.1, 0.15) is 24.1 Å². The first kappa shape index (κ1) is 13.1. The lowest BCUT2D eigenvalue weighted by molar-refractivity contribution is 0.533. The van der Waals surface area contributed by atoms with Crippen molar-refractivity contribution in [1.82, 2.24) is 5.32 Å². The zero-order chi connectivity index (χ0) is 13.0. The molecule has 1 aromatic heterocycles. The maximum absolute atomic E-state index is 13.1. The predicted octanol–water partition coefficient (Wildman–Crippen LogP) is 3.97. The Morgan fingerprint density at radius 1 is 1.39 bits per heavy atom. The molecule has 0 saturated carbocycles. The van der Waals surface area contributed by atoms with Gasteiger partial charge < -0.3 is 9.73 Å². The molecule has 2 aromatic rings. The molecular weight excluding hydrogens is 253 g/mol. The summed E-state index contributed by atoms with van der Waals surface area (Å²) in [6, 6.07) is 6.48. The van der Waals surface area contributed by atoms with Crippen molar-refractivity contribution in [1.29, 1.82) is 0 Å². The van der Waals surface area contributed by atoms with Gasteiger partial charge in [-0.15, -0.1) is 0 Å². The van der Waals surface area contributed by atoms with Crippen LogP contribution in [0.25, 0.3) is 0 Å². The van der Waals surface area contributed by atoms with Gasteiger partial charge in [0.05, 0.1) is 12.5 Å². The molecule has 0 radical (unpaired) electrons. The fourth-order valence-corrected chi connectivity index (χ4v) is 2.27. The van der Waals surface area contributed by atoms with E-state index in [9.17, 15) is 4.39 Å². The lowest BCUT2D eigenvalue weighted by atomic mass is 10.0. The van der Waals surface area contributed by atoms with Gasteiger partial charge in [0.25, 0.3) is 0 Å². The summed E-state index contributed by atoms with van der Waals surface area (Å²) in [4.78, 5) is 0. The molecule has 1 atom stereocenters. The summed E-state index contributed by atoms with van der Waals surface area (Å²) in [5.41, 5.74) is 1.99. The van der Waals surface area contributed by atoms with Crippen LogP contribution in [-0.4, -0.2) is 6.54 Å². The molecule has 2 nitrogen and oxygen atoms in total. The van der Waals surface area contributed by atoms with Crippen molar-refractivity contribution in [2.75, 3.05) is 6.54 Å². The number of hydrogen-bond donors (Lipinski definition) is 1. The number of hydrogen-bond acceptors (Lipinski definition) is 2. The predicted molar refractivity (Wildman–Crippen MR) is 70.2 cm³/mol. The topological polar surface area (TPSA) is 25.2 Å². The van der Waals surface area contributed by atoms with E-state index in [-0.39, 0.29) is 11.9 Å². The van der Waals surface area contributed by atoms with Gasteiger partial charge in [-0.25, -0.2) is 4.39 Å². The van der Waals surface area contributed by atoms with Crippen LogP contribution in [0.5, 0.6) is 0 Å². The van der Waals surface area contributed by atoms with E-state index in [4.69, 9.17) is 16.0 Å². The second-order valence-electron chi connectivity index (χ2n) is 4.11. The minimum atomic E-state index is -0.317. The first-order valence-electron chi connectivity index (χ1n) is 5.90. The lowest BCUT2D eigenvalue weighted by Crippen LogP contribution is -2.23. The summed E-state index contributed by atoms with van der Waals surface area (Å²) < 4.78 is 18.1. The highest BCUT2D eigenvalue weighted by molar-refractivity contribution is 6.31. The van der Waals surface area contributed by atoms with E-state index in [0.717, 1.165) is 24.1 Å². The first-order valence-corrected chi connectivity index (χ1v) is 6.28. The number of halogens is 2. The second kappa shape index (κ2) is 6.03. The Bertz CT molecular complexity index is 499. The van der Waals surface area contributed by atoms with Crippen molar-refractivity contribution in [2.45, 2.75) is 19.4 Å². The minimum Gasteiger partial charge on any atom is -0.472 e. The first-order chi connectivity index (χ1) is 8.70. The SMILES string of the molecule is CCNC(Cc1ccoc1)c1ccc(F)cc1Cl. The summed E-state index contributed by atoms with van der Waals surface area (Å²) in [6.07, 6.45) is 4.11. The maximum atomic E-state index is 13.1. The molecular formula is C14H15ClFNO. The smallest absolute Gasteiger partial charge is 0.124 e. The number of nitrogens with one attached hydrogen (secondary N) is 1. The number of furan rings is 1. The Balaban J connectivity index is 2.23. The average molecular weight is 268 g/mol. The Hall–Kier alpha value is -1.32. The normalized spacial score (nSPS) is 12.6. The summed E-state index contributed by atoms with van der Waals surface area (Å²) in [6.45, 7) is 2.84. The molecule has 1 aromatic carbocycles. The molecule has 1 unspecified atom stereocenters.